The van der Waals surface area contributed by atoms with Crippen LogP contribution in [0.4, 0.5) is 0 Å². The highest BCUT2D eigenvalue weighted by molar-refractivity contribution is 9.10. The summed E-state index contributed by atoms with van der Waals surface area (Å²) in [7, 11) is 0. The van der Waals surface area contributed by atoms with Gasteiger partial charge in [-0.1, -0.05) is 28.1 Å². The van der Waals surface area contributed by atoms with Crippen molar-refractivity contribution in [2.45, 2.75) is 45.2 Å². The first-order valence-electron chi connectivity index (χ1n) is 7.31. The molecule has 2 aromatic rings. The van der Waals surface area contributed by atoms with Gasteiger partial charge in [0.15, 0.2) is 0 Å². The molecule has 0 radical (unpaired) electrons. The first kappa shape index (κ1) is 14.3. The zero-order valence-corrected chi connectivity index (χ0v) is 14.2. The largest absolute Gasteiger partial charge is 0.305 e. The number of fused-ring (bicyclic) bond motifs is 1. The molecule has 0 fully saturated rings. The second-order valence-electron chi connectivity index (χ2n) is 5.53. The topological polar surface area (TPSA) is 12.0 Å². The van der Waals surface area contributed by atoms with E-state index < -0.39 is 0 Å². The normalized spacial score (nSPS) is 15.9. The molecule has 1 atom stereocenters. The standard InChI is InChI=1S/C17H20BrNS/c1-12(19-11-13-6-8-15(18)9-7-13)17-10-14-4-2-3-5-16(14)20-17/h6-10,12,19H,2-5,11H2,1H3. The highest BCUT2D eigenvalue weighted by Crippen LogP contribution is 2.32. The summed E-state index contributed by atoms with van der Waals surface area (Å²) in [6, 6.07) is 11.4. The number of benzene rings is 1. The summed E-state index contributed by atoms with van der Waals surface area (Å²) >= 11 is 5.49. The quantitative estimate of drug-likeness (QED) is 0.795. The molecule has 106 valence electrons. The Labute approximate surface area is 133 Å². The number of rotatable bonds is 4. The molecule has 1 aromatic heterocycles. The average molecular weight is 350 g/mol. The number of hydrogen-bond acceptors (Lipinski definition) is 2. The van der Waals surface area contributed by atoms with Crippen LogP contribution >= 0.6 is 27.3 Å². The van der Waals surface area contributed by atoms with Crippen molar-refractivity contribution in [3.8, 4) is 0 Å². The Bertz CT molecular complexity index is 550. The lowest BCUT2D eigenvalue weighted by Gasteiger charge is -2.12. The van der Waals surface area contributed by atoms with Crippen LogP contribution < -0.4 is 5.32 Å². The lowest BCUT2D eigenvalue weighted by atomic mass is 9.99. The van der Waals surface area contributed by atoms with Crippen LogP contribution in [0.3, 0.4) is 0 Å². The van der Waals surface area contributed by atoms with Crippen LogP contribution in [-0.2, 0) is 19.4 Å². The van der Waals surface area contributed by atoms with Crippen LogP contribution in [0.5, 0.6) is 0 Å². The molecule has 1 heterocycles. The summed E-state index contributed by atoms with van der Waals surface area (Å²) in [5, 5.41) is 3.64. The molecule has 1 aromatic carbocycles. The van der Waals surface area contributed by atoms with Crippen LogP contribution in [-0.4, -0.2) is 0 Å². The molecule has 1 unspecified atom stereocenters. The van der Waals surface area contributed by atoms with Gasteiger partial charge in [0.25, 0.3) is 0 Å². The number of aryl methyl sites for hydroxylation is 2. The van der Waals surface area contributed by atoms with E-state index in [1.54, 1.807) is 10.4 Å². The first-order chi connectivity index (χ1) is 9.72. The first-order valence-corrected chi connectivity index (χ1v) is 8.92. The van der Waals surface area contributed by atoms with E-state index in [0.717, 1.165) is 11.0 Å². The van der Waals surface area contributed by atoms with E-state index in [-0.39, 0.29) is 0 Å². The maximum absolute atomic E-state index is 3.64. The summed E-state index contributed by atoms with van der Waals surface area (Å²) < 4.78 is 1.14. The third-order valence-electron chi connectivity index (χ3n) is 3.97. The van der Waals surface area contributed by atoms with Gasteiger partial charge in [0.2, 0.25) is 0 Å². The van der Waals surface area contributed by atoms with Gasteiger partial charge in [-0.05, 0) is 61.9 Å². The van der Waals surface area contributed by atoms with Crippen molar-refractivity contribution in [2.24, 2.45) is 0 Å². The summed E-state index contributed by atoms with van der Waals surface area (Å²) in [6.07, 6.45) is 5.31. The van der Waals surface area contributed by atoms with Crippen molar-refractivity contribution in [1.29, 1.82) is 0 Å². The summed E-state index contributed by atoms with van der Waals surface area (Å²) in [6.45, 7) is 3.20. The van der Waals surface area contributed by atoms with Gasteiger partial charge >= 0.3 is 0 Å². The van der Waals surface area contributed by atoms with Gasteiger partial charge in [-0.3, -0.25) is 0 Å². The fourth-order valence-corrected chi connectivity index (χ4v) is 4.25. The van der Waals surface area contributed by atoms with E-state index in [9.17, 15) is 0 Å². The molecule has 1 aliphatic carbocycles. The predicted molar refractivity (Wildman–Crippen MR) is 90.4 cm³/mol. The van der Waals surface area contributed by atoms with E-state index in [2.05, 4.69) is 58.5 Å². The SMILES string of the molecule is CC(NCc1ccc(Br)cc1)c1cc2c(s1)CCCC2. The fourth-order valence-electron chi connectivity index (χ4n) is 2.70. The maximum atomic E-state index is 3.64. The minimum atomic E-state index is 0.439. The zero-order chi connectivity index (χ0) is 13.9. The second kappa shape index (κ2) is 6.42. The molecule has 3 heteroatoms. The van der Waals surface area contributed by atoms with Gasteiger partial charge in [-0.2, -0.15) is 0 Å². The molecule has 0 spiro atoms. The molecule has 1 aliphatic rings. The molecule has 0 saturated heterocycles. The van der Waals surface area contributed by atoms with Gasteiger partial charge < -0.3 is 5.32 Å². The van der Waals surface area contributed by atoms with E-state index in [0.29, 0.717) is 6.04 Å². The van der Waals surface area contributed by atoms with Gasteiger partial charge in [0.1, 0.15) is 0 Å². The Morgan fingerprint density at radius 2 is 1.95 bits per heavy atom. The van der Waals surface area contributed by atoms with E-state index in [4.69, 9.17) is 0 Å². The predicted octanol–water partition coefficient (Wildman–Crippen LogP) is 5.24. The Balaban J connectivity index is 1.62. The fraction of sp³-hybridized carbons (Fsp3) is 0.412. The van der Waals surface area contributed by atoms with Crippen LogP contribution in [0.25, 0.3) is 0 Å². The number of halogens is 1. The van der Waals surface area contributed by atoms with Crippen LogP contribution in [0.15, 0.2) is 34.8 Å². The van der Waals surface area contributed by atoms with Crippen LogP contribution in [0.1, 0.15) is 46.7 Å². The van der Waals surface area contributed by atoms with E-state index >= 15 is 0 Å². The lowest BCUT2D eigenvalue weighted by Crippen LogP contribution is -2.17. The summed E-state index contributed by atoms with van der Waals surface area (Å²) in [5.74, 6) is 0. The Kier molecular flexibility index (Phi) is 4.59. The summed E-state index contributed by atoms with van der Waals surface area (Å²) in [5.41, 5.74) is 2.94. The monoisotopic (exact) mass is 349 g/mol. The molecular weight excluding hydrogens is 330 g/mol. The van der Waals surface area contributed by atoms with Crippen LogP contribution in [0, 0.1) is 0 Å². The van der Waals surface area contributed by atoms with Crippen molar-refractivity contribution >= 4 is 27.3 Å². The minimum Gasteiger partial charge on any atom is -0.305 e. The Morgan fingerprint density at radius 1 is 1.20 bits per heavy atom. The van der Waals surface area contributed by atoms with Gasteiger partial charge in [0, 0.05) is 26.8 Å². The third-order valence-corrected chi connectivity index (χ3v) is 5.92. The molecule has 3 rings (SSSR count). The van der Waals surface area contributed by atoms with Gasteiger partial charge in [0.05, 0.1) is 0 Å². The minimum absolute atomic E-state index is 0.439. The van der Waals surface area contributed by atoms with Crippen LogP contribution in [0.2, 0.25) is 0 Å². The lowest BCUT2D eigenvalue weighted by molar-refractivity contribution is 0.582. The number of nitrogens with one attached hydrogen (secondary N) is 1. The molecule has 0 aliphatic heterocycles. The van der Waals surface area contributed by atoms with E-state index in [1.165, 1.54) is 36.1 Å². The van der Waals surface area contributed by atoms with Crippen molar-refractivity contribution in [3.63, 3.8) is 0 Å². The highest BCUT2D eigenvalue weighted by atomic mass is 79.9. The molecule has 0 amide bonds. The molecule has 0 saturated carbocycles. The number of thiophene rings is 1. The van der Waals surface area contributed by atoms with Crippen molar-refractivity contribution in [2.75, 3.05) is 0 Å². The highest BCUT2D eigenvalue weighted by Gasteiger charge is 2.16. The van der Waals surface area contributed by atoms with Crippen molar-refractivity contribution in [3.05, 3.63) is 55.7 Å². The smallest absolute Gasteiger partial charge is 0.0389 e. The van der Waals surface area contributed by atoms with Gasteiger partial charge in [-0.15, -0.1) is 11.3 Å². The van der Waals surface area contributed by atoms with Crippen molar-refractivity contribution < 1.29 is 0 Å². The third kappa shape index (κ3) is 3.33. The molecule has 0 bridgehead atoms. The van der Waals surface area contributed by atoms with E-state index in [1.807, 2.05) is 11.3 Å². The number of hydrogen-bond donors (Lipinski definition) is 1. The molecule has 20 heavy (non-hydrogen) atoms. The Hall–Kier alpha value is -0.640. The Morgan fingerprint density at radius 3 is 2.70 bits per heavy atom. The van der Waals surface area contributed by atoms with Crippen molar-refractivity contribution in [1.82, 2.24) is 5.32 Å². The second-order valence-corrected chi connectivity index (χ2v) is 7.62. The molecule has 1 nitrogen and oxygen atoms in total. The molecule has 1 N–H and O–H groups in total. The van der Waals surface area contributed by atoms with Gasteiger partial charge in [-0.25, -0.2) is 0 Å². The average Bonchev–Trinajstić information content (AvgIpc) is 2.90. The molecular formula is C17H20BrNS. The summed E-state index contributed by atoms with van der Waals surface area (Å²) in [4.78, 5) is 3.12. The zero-order valence-electron chi connectivity index (χ0n) is 11.8. The maximum Gasteiger partial charge on any atom is 0.0389 e.